The van der Waals surface area contributed by atoms with Gasteiger partial charge in [-0.2, -0.15) is 0 Å². The molecule has 10 atom stereocenters. The molecule has 174 valence electrons. The minimum Gasteiger partial charge on any atom is -0.393 e. The van der Waals surface area contributed by atoms with Crippen molar-refractivity contribution in [3.63, 3.8) is 0 Å². The van der Waals surface area contributed by atoms with Gasteiger partial charge in [0.15, 0.2) is 0 Å². The van der Waals surface area contributed by atoms with Crippen molar-refractivity contribution in [2.45, 2.75) is 124 Å². The van der Waals surface area contributed by atoms with E-state index >= 15 is 0 Å². The minimum atomic E-state index is -0.524. The molecule has 4 fully saturated rings. The zero-order valence-corrected chi connectivity index (χ0v) is 20.8. The lowest BCUT2D eigenvalue weighted by Crippen LogP contribution is -2.54. The lowest BCUT2D eigenvalue weighted by molar-refractivity contribution is -0.129. The molecule has 0 bridgehead atoms. The minimum absolute atomic E-state index is 0.0340. The van der Waals surface area contributed by atoms with Crippen LogP contribution in [0.25, 0.3) is 0 Å². The molecule has 0 heterocycles. The Balaban J connectivity index is 1.46. The quantitative estimate of drug-likeness (QED) is 0.513. The van der Waals surface area contributed by atoms with Gasteiger partial charge >= 0.3 is 0 Å². The second-order valence-electron chi connectivity index (χ2n) is 13.3. The van der Waals surface area contributed by atoms with Crippen LogP contribution in [0.3, 0.4) is 0 Å². The molecule has 4 aliphatic carbocycles. The van der Waals surface area contributed by atoms with Crippen molar-refractivity contribution in [3.8, 4) is 0 Å². The summed E-state index contributed by atoms with van der Waals surface area (Å²) < 4.78 is 0. The second kappa shape index (κ2) is 8.05. The van der Waals surface area contributed by atoms with E-state index in [1.165, 1.54) is 51.4 Å². The van der Waals surface area contributed by atoms with Crippen LogP contribution in [0.2, 0.25) is 0 Å². The van der Waals surface area contributed by atoms with Gasteiger partial charge < -0.3 is 10.2 Å². The number of aliphatic hydroxyl groups is 2. The summed E-state index contributed by atoms with van der Waals surface area (Å²) in [6, 6.07) is 0. The van der Waals surface area contributed by atoms with Crippen molar-refractivity contribution in [2.24, 2.45) is 52.3 Å². The molecule has 0 aromatic heterocycles. The van der Waals surface area contributed by atoms with Crippen LogP contribution in [0.5, 0.6) is 0 Å². The number of hydrogen-bond donors (Lipinski definition) is 2. The summed E-state index contributed by atoms with van der Waals surface area (Å²) in [6.07, 6.45) is 13.9. The summed E-state index contributed by atoms with van der Waals surface area (Å²) >= 11 is 0. The van der Waals surface area contributed by atoms with E-state index in [1.807, 2.05) is 6.92 Å². The molecule has 4 aliphatic rings. The van der Waals surface area contributed by atoms with Crippen molar-refractivity contribution >= 4 is 0 Å². The van der Waals surface area contributed by atoms with Gasteiger partial charge in [0.1, 0.15) is 0 Å². The molecule has 0 aliphatic heterocycles. The van der Waals surface area contributed by atoms with Crippen molar-refractivity contribution < 1.29 is 10.2 Å². The van der Waals surface area contributed by atoms with E-state index in [9.17, 15) is 10.2 Å². The fourth-order valence-electron chi connectivity index (χ4n) is 9.22. The lowest BCUT2D eigenvalue weighted by Gasteiger charge is -2.61. The number of rotatable bonds is 5. The SMILES string of the molecule is CC(C)C(C)(O)CC[C@@H](C)[C@H]1CC[C@H]2[C@@H]3CCC4CC(O)CC[C@]4(C)[C@H]3CC[C@]12C. The first-order chi connectivity index (χ1) is 14.0. The fraction of sp³-hybridized carbons (Fsp3) is 1.00. The van der Waals surface area contributed by atoms with Crippen molar-refractivity contribution in [1.29, 1.82) is 0 Å². The van der Waals surface area contributed by atoms with E-state index in [0.717, 1.165) is 54.8 Å². The van der Waals surface area contributed by atoms with Gasteiger partial charge in [-0.3, -0.25) is 0 Å². The van der Waals surface area contributed by atoms with Crippen LogP contribution in [0.15, 0.2) is 0 Å². The highest BCUT2D eigenvalue weighted by atomic mass is 16.3. The van der Waals surface area contributed by atoms with E-state index in [1.54, 1.807) is 0 Å². The molecule has 4 rings (SSSR count). The molecule has 0 aromatic carbocycles. The molecule has 0 radical (unpaired) electrons. The zero-order valence-electron chi connectivity index (χ0n) is 20.8. The highest BCUT2D eigenvalue weighted by Crippen LogP contribution is 2.68. The van der Waals surface area contributed by atoms with Gasteiger partial charge in [0.25, 0.3) is 0 Å². The summed E-state index contributed by atoms with van der Waals surface area (Å²) in [4.78, 5) is 0. The van der Waals surface area contributed by atoms with Gasteiger partial charge in [-0.25, -0.2) is 0 Å². The molecular formula is C28H50O2. The Kier molecular flexibility index (Phi) is 6.20. The largest absolute Gasteiger partial charge is 0.393 e. The van der Waals surface area contributed by atoms with Crippen LogP contribution >= 0.6 is 0 Å². The third-order valence-electron chi connectivity index (χ3n) is 11.7. The predicted molar refractivity (Wildman–Crippen MR) is 125 cm³/mol. The zero-order chi connectivity index (χ0) is 21.9. The van der Waals surface area contributed by atoms with Crippen LogP contribution in [0.4, 0.5) is 0 Å². The van der Waals surface area contributed by atoms with Crippen LogP contribution in [-0.2, 0) is 0 Å². The summed E-state index contributed by atoms with van der Waals surface area (Å²) in [7, 11) is 0. The lowest BCUT2D eigenvalue weighted by atomic mass is 9.44. The first kappa shape index (κ1) is 23.1. The van der Waals surface area contributed by atoms with Gasteiger partial charge in [-0.15, -0.1) is 0 Å². The first-order valence-corrected chi connectivity index (χ1v) is 13.4. The van der Waals surface area contributed by atoms with E-state index in [0.29, 0.717) is 16.7 Å². The maximum atomic E-state index is 10.8. The van der Waals surface area contributed by atoms with Crippen molar-refractivity contribution in [1.82, 2.24) is 0 Å². The highest BCUT2D eigenvalue weighted by Gasteiger charge is 2.60. The molecule has 0 amide bonds. The molecule has 30 heavy (non-hydrogen) atoms. The molecular weight excluding hydrogens is 368 g/mol. The Bertz CT molecular complexity index is 612. The van der Waals surface area contributed by atoms with Crippen LogP contribution < -0.4 is 0 Å². The number of aliphatic hydroxyl groups excluding tert-OH is 1. The van der Waals surface area contributed by atoms with Gasteiger partial charge in [0, 0.05) is 0 Å². The number of hydrogen-bond acceptors (Lipinski definition) is 2. The van der Waals surface area contributed by atoms with Crippen LogP contribution in [-0.4, -0.2) is 21.9 Å². The molecule has 2 heteroatoms. The van der Waals surface area contributed by atoms with Gasteiger partial charge in [-0.05, 0) is 130 Å². The topological polar surface area (TPSA) is 40.5 Å². The summed E-state index contributed by atoms with van der Waals surface area (Å²) in [5.74, 6) is 5.40. The Hall–Kier alpha value is -0.0800. The standard InChI is InChI=1S/C28H50O2/c1-18(2)28(6,30)16-11-19(3)23-9-10-24-22-8-7-20-17-21(29)12-14-26(20,4)25(22)13-15-27(23,24)5/h18-25,29-30H,7-17H2,1-6H3/t19-,20?,21?,22+,23-,24+,25+,26+,27-,28?/m1/s1. The Morgan fingerprint density at radius 2 is 1.57 bits per heavy atom. The predicted octanol–water partition coefficient (Wildman–Crippen LogP) is 6.83. The average Bonchev–Trinajstić information content (AvgIpc) is 3.04. The first-order valence-electron chi connectivity index (χ1n) is 13.4. The fourth-order valence-corrected chi connectivity index (χ4v) is 9.22. The Morgan fingerprint density at radius 1 is 0.900 bits per heavy atom. The third kappa shape index (κ3) is 3.70. The molecule has 0 spiro atoms. The monoisotopic (exact) mass is 418 g/mol. The normalized spacial score (nSPS) is 49.1. The molecule has 0 saturated heterocycles. The van der Waals surface area contributed by atoms with E-state index < -0.39 is 5.60 Å². The maximum Gasteiger partial charge on any atom is 0.0642 e. The van der Waals surface area contributed by atoms with E-state index in [-0.39, 0.29) is 6.10 Å². The summed E-state index contributed by atoms with van der Waals surface area (Å²) in [5.41, 5.74) is 0.480. The van der Waals surface area contributed by atoms with E-state index in [2.05, 4.69) is 34.6 Å². The van der Waals surface area contributed by atoms with Gasteiger partial charge in [-0.1, -0.05) is 34.6 Å². The second-order valence-corrected chi connectivity index (χ2v) is 13.3. The van der Waals surface area contributed by atoms with Crippen molar-refractivity contribution in [3.05, 3.63) is 0 Å². The highest BCUT2D eigenvalue weighted by molar-refractivity contribution is 5.09. The molecule has 4 saturated carbocycles. The summed E-state index contributed by atoms with van der Waals surface area (Å²) in [5, 5.41) is 21.0. The molecule has 2 nitrogen and oxygen atoms in total. The van der Waals surface area contributed by atoms with Crippen molar-refractivity contribution in [2.75, 3.05) is 0 Å². The Labute approximate surface area is 186 Å². The molecule has 3 unspecified atom stereocenters. The summed E-state index contributed by atoms with van der Waals surface area (Å²) in [6.45, 7) is 14.1. The molecule has 0 aromatic rings. The van der Waals surface area contributed by atoms with Crippen LogP contribution in [0, 0.1) is 52.3 Å². The van der Waals surface area contributed by atoms with E-state index in [4.69, 9.17) is 0 Å². The van der Waals surface area contributed by atoms with Gasteiger partial charge in [0.05, 0.1) is 11.7 Å². The molecule has 2 N–H and O–H groups in total. The maximum absolute atomic E-state index is 10.8. The Morgan fingerprint density at radius 3 is 2.27 bits per heavy atom. The van der Waals surface area contributed by atoms with Crippen LogP contribution in [0.1, 0.15) is 112 Å². The van der Waals surface area contributed by atoms with Gasteiger partial charge in [0.2, 0.25) is 0 Å². The smallest absolute Gasteiger partial charge is 0.0642 e. The third-order valence-corrected chi connectivity index (χ3v) is 11.7. The average molecular weight is 419 g/mol. The number of fused-ring (bicyclic) bond motifs is 5.